The average molecular weight is 409 g/mol. The van der Waals surface area contributed by atoms with Gasteiger partial charge in [0.15, 0.2) is 0 Å². The third-order valence-electron chi connectivity index (χ3n) is 4.48. The Bertz CT molecular complexity index is 974. The van der Waals surface area contributed by atoms with E-state index in [0.717, 1.165) is 16.9 Å². The summed E-state index contributed by atoms with van der Waals surface area (Å²) in [7, 11) is -3.60. The first-order valence-electron chi connectivity index (χ1n) is 8.31. The van der Waals surface area contributed by atoms with Crippen molar-refractivity contribution in [2.24, 2.45) is 0 Å². The minimum atomic E-state index is -3.60. The number of benzene rings is 1. The van der Waals surface area contributed by atoms with Crippen molar-refractivity contribution in [2.45, 2.75) is 18.7 Å². The van der Waals surface area contributed by atoms with Crippen LogP contribution >= 0.6 is 11.3 Å². The number of sulfonamides is 1. The van der Waals surface area contributed by atoms with E-state index in [1.807, 2.05) is 6.92 Å². The minimum Gasteiger partial charge on any atom is -0.335 e. The summed E-state index contributed by atoms with van der Waals surface area (Å²) in [5.41, 5.74) is 0.911. The third kappa shape index (κ3) is 3.87. The van der Waals surface area contributed by atoms with Gasteiger partial charge in [0.05, 0.1) is 19.6 Å². The van der Waals surface area contributed by atoms with Gasteiger partial charge in [0.25, 0.3) is 11.6 Å². The maximum atomic E-state index is 12.7. The van der Waals surface area contributed by atoms with Gasteiger partial charge in [-0.05, 0) is 26.0 Å². The number of hydrogen-bond acceptors (Lipinski definition) is 6. The molecule has 0 atom stereocenters. The summed E-state index contributed by atoms with van der Waals surface area (Å²) < 4.78 is 26.8. The van der Waals surface area contributed by atoms with Crippen LogP contribution in [0.2, 0.25) is 0 Å². The van der Waals surface area contributed by atoms with Gasteiger partial charge < -0.3 is 4.90 Å². The fourth-order valence-electron chi connectivity index (χ4n) is 2.91. The second-order valence-corrected chi connectivity index (χ2v) is 9.51. The second kappa shape index (κ2) is 7.37. The SMILES string of the molecule is Cc1ccc(S(=O)(=O)N2CCN(C(=O)c3cc([N+](=O)[O-])c(C)s3)CC2)cc1. The Hall–Kier alpha value is -2.30. The molecular formula is C17H19N3O5S2. The molecule has 27 heavy (non-hydrogen) atoms. The van der Waals surface area contributed by atoms with Gasteiger partial charge in [0, 0.05) is 32.2 Å². The van der Waals surface area contributed by atoms with Crippen molar-refractivity contribution in [3.8, 4) is 0 Å². The van der Waals surface area contributed by atoms with Crippen molar-refractivity contribution in [2.75, 3.05) is 26.2 Å². The number of amides is 1. The number of hydrogen-bond donors (Lipinski definition) is 0. The van der Waals surface area contributed by atoms with E-state index < -0.39 is 14.9 Å². The highest BCUT2D eigenvalue weighted by Crippen LogP contribution is 2.29. The first-order chi connectivity index (χ1) is 12.7. The van der Waals surface area contributed by atoms with Gasteiger partial charge in [-0.1, -0.05) is 17.7 Å². The third-order valence-corrected chi connectivity index (χ3v) is 7.42. The molecule has 10 heteroatoms. The molecule has 8 nitrogen and oxygen atoms in total. The zero-order chi connectivity index (χ0) is 19.8. The topological polar surface area (TPSA) is 101 Å². The van der Waals surface area contributed by atoms with E-state index in [0.29, 0.717) is 9.75 Å². The molecule has 0 spiro atoms. The van der Waals surface area contributed by atoms with Gasteiger partial charge in [-0.25, -0.2) is 8.42 Å². The Morgan fingerprint density at radius 2 is 1.70 bits per heavy atom. The van der Waals surface area contributed by atoms with Crippen molar-refractivity contribution in [1.29, 1.82) is 0 Å². The summed E-state index contributed by atoms with van der Waals surface area (Å²) >= 11 is 1.08. The van der Waals surface area contributed by atoms with Crippen molar-refractivity contribution in [3.05, 3.63) is 55.8 Å². The van der Waals surface area contributed by atoms with E-state index in [2.05, 4.69) is 0 Å². The second-order valence-electron chi connectivity index (χ2n) is 6.32. The highest BCUT2D eigenvalue weighted by atomic mass is 32.2. The first kappa shape index (κ1) is 19.5. The van der Waals surface area contributed by atoms with Crippen LogP contribution in [0.1, 0.15) is 20.1 Å². The van der Waals surface area contributed by atoms with Crippen LogP contribution in [-0.4, -0.2) is 54.6 Å². The molecule has 1 aromatic heterocycles. The van der Waals surface area contributed by atoms with E-state index in [4.69, 9.17) is 0 Å². The Morgan fingerprint density at radius 1 is 1.11 bits per heavy atom. The Morgan fingerprint density at radius 3 is 2.22 bits per heavy atom. The summed E-state index contributed by atoms with van der Waals surface area (Å²) in [5, 5.41) is 11.0. The van der Waals surface area contributed by atoms with E-state index in [1.54, 1.807) is 31.2 Å². The molecule has 144 valence electrons. The normalized spacial score (nSPS) is 15.7. The lowest BCUT2D eigenvalue weighted by molar-refractivity contribution is -0.385. The molecule has 1 aliphatic heterocycles. The summed E-state index contributed by atoms with van der Waals surface area (Å²) in [6.45, 7) is 4.36. The molecule has 1 amide bonds. The van der Waals surface area contributed by atoms with Gasteiger partial charge in [-0.15, -0.1) is 11.3 Å². The maximum absolute atomic E-state index is 12.7. The van der Waals surface area contributed by atoms with Crippen molar-refractivity contribution < 1.29 is 18.1 Å². The average Bonchev–Trinajstić information content (AvgIpc) is 3.03. The molecule has 0 N–H and O–H groups in total. The Kier molecular flexibility index (Phi) is 5.31. The molecule has 1 saturated heterocycles. The predicted octanol–water partition coefficient (Wildman–Crippen LogP) is 2.42. The fourth-order valence-corrected chi connectivity index (χ4v) is 5.28. The number of nitro groups is 1. The highest BCUT2D eigenvalue weighted by Gasteiger charge is 2.31. The summed E-state index contributed by atoms with van der Waals surface area (Å²) in [5.74, 6) is -0.302. The molecule has 2 aromatic rings. The minimum absolute atomic E-state index is 0.0658. The monoisotopic (exact) mass is 409 g/mol. The van der Waals surface area contributed by atoms with Crippen LogP contribution in [-0.2, 0) is 10.0 Å². The zero-order valence-corrected chi connectivity index (χ0v) is 16.5. The molecular weight excluding hydrogens is 390 g/mol. The quantitative estimate of drug-likeness (QED) is 0.570. The van der Waals surface area contributed by atoms with E-state index in [9.17, 15) is 23.3 Å². The number of thiophene rings is 1. The molecule has 1 fully saturated rings. The van der Waals surface area contributed by atoms with E-state index >= 15 is 0 Å². The summed E-state index contributed by atoms with van der Waals surface area (Å²) in [4.78, 5) is 25.6. The lowest BCUT2D eigenvalue weighted by Gasteiger charge is -2.33. The van der Waals surface area contributed by atoms with Gasteiger partial charge in [-0.3, -0.25) is 14.9 Å². The number of carbonyl (C=O) groups is 1. The molecule has 0 saturated carbocycles. The van der Waals surface area contributed by atoms with Gasteiger partial charge in [0.1, 0.15) is 0 Å². The molecule has 0 aliphatic carbocycles. The van der Waals surface area contributed by atoms with Gasteiger partial charge >= 0.3 is 0 Å². The largest absolute Gasteiger partial charge is 0.335 e. The number of piperazine rings is 1. The van der Waals surface area contributed by atoms with Crippen LogP contribution in [0.25, 0.3) is 0 Å². The fraction of sp³-hybridized carbons (Fsp3) is 0.353. The molecule has 2 heterocycles. The van der Waals surface area contributed by atoms with Crippen LogP contribution in [0.3, 0.4) is 0 Å². The van der Waals surface area contributed by atoms with Crippen molar-refractivity contribution in [3.63, 3.8) is 0 Å². The van der Waals surface area contributed by atoms with Gasteiger partial charge in [-0.2, -0.15) is 4.31 Å². The summed E-state index contributed by atoms with van der Waals surface area (Å²) in [6.07, 6.45) is 0. The molecule has 0 bridgehead atoms. The van der Waals surface area contributed by atoms with Crippen LogP contribution in [0, 0.1) is 24.0 Å². The van der Waals surface area contributed by atoms with Gasteiger partial charge in [0.2, 0.25) is 10.0 Å². The lowest BCUT2D eigenvalue weighted by Crippen LogP contribution is -2.50. The van der Waals surface area contributed by atoms with Crippen LogP contribution < -0.4 is 0 Å². The first-order valence-corrected chi connectivity index (χ1v) is 10.6. The molecule has 3 rings (SSSR count). The van der Waals surface area contributed by atoms with Crippen LogP contribution in [0.5, 0.6) is 0 Å². The van der Waals surface area contributed by atoms with Crippen LogP contribution in [0.4, 0.5) is 5.69 Å². The maximum Gasteiger partial charge on any atom is 0.283 e. The Balaban J connectivity index is 1.69. The highest BCUT2D eigenvalue weighted by molar-refractivity contribution is 7.89. The Labute approximate surface area is 161 Å². The van der Waals surface area contributed by atoms with E-state index in [-0.39, 0.29) is 42.7 Å². The smallest absolute Gasteiger partial charge is 0.283 e. The molecule has 0 unspecified atom stereocenters. The number of aryl methyl sites for hydroxylation is 2. The molecule has 0 radical (unpaired) electrons. The molecule has 1 aliphatic rings. The standard InChI is InChI=1S/C17H19N3O5S2/c1-12-3-5-14(6-4-12)27(24,25)19-9-7-18(8-10-19)17(21)16-11-15(20(22)23)13(2)26-16/h3-6,11H,7-10H2,1-2H3. The number of rotatable bonds is 4. The number of nitrogens with zero attached hydrogens (tertiary/aromatic N) is 3. The van der Waals surface area contributed by atoms with Crippen molar-refractivity contribution >= 4 is 33.0 Å². The van der Waals surface area contributed by atoms with Crippen LogP contribution in [0.15, 0.2) is 35.2 Å². The van der Waals surface area contributed by atoms with E-state index in [1.165, 1.54) is 15.3 Å². The lowest BCUT2D eigenvalue weighted by atomic mass is 10.2. The molecule has 1 aromatic carbocycles. The predicted molar refractivity (Wildman–Crippen MR) is 102 cm³/mol. The van der Waals surface area contributed by atoms with Crippen molar-refractivity contribution in [1.82, 2.24) is 9.21 Å². The summed E-state index contributed by atoms with van der Waals surface area (Å²) in [6, 6.07) is 7.95. The zero-order valence-electron chi connectivity index (χ0n) is 14.9. The number of carbonyl (C=O) groups excluding carboxylic acids is 1.